The molecule has 0 saturated carbocycles. The van der Waals surface area contributed by atoms with Crippen molar-refractivity contribution in [1.82, 2.24) is 0 Å². The van der Waals surface area contributed by atoms with Crippen molar-refractivity contribution in [2.24, 2.45) is 0 Å². The molecule has 0 atom stereocenters. The van der Waals surface area contributed by atoms with Crippen molar-refractivity contribution in [2.75, 3.05) is 16.9 Å². The molecule has 0 saturated heterocycles. The molecule has 0 aliphatic rings. The van der Waals surface area contributed by atoms with Crippen LogP contribution in [0.15, 0.2) is 29.2 Å². The van der Waals surface area contributed by atoms with Gasteiger partial charge in [-0.1, -0.05) is 19.1 Å². The minimum atomic E-state index is -3.34. The lowest BCUT2D eigenvalue weighted by atomic mass is 10.3. The van der Waals surface area contributed by atoms with E-state index in [4.69, 9.17) is 11.6 Å². The number of rotatable bonds is 4. The summed E-state index contributed by atoms with van der Waals surface area (Å²) < 4.78 is 23.4. The molecular formula is C10H12ClNO3S. The van der Waals surface area contributed by atoms with Crippen LogP contribution < -0.4 is 5.32 Å². The summed E-state index contributed by atoms with van der Waals surface area (Å²) in [7, 11) is -3.34. The Morgan fingerprint density at radius 3 is 2.56 bits per heavy atom. The second-order valence-electron chi connectivity index (χ2n) is 3.08. The zero-order valence-electron chi connectivity index (χ0n) is 8.73. The number of para-hydroxylation sites is 1. The summed E-state index contributed by atoms with van der Waals surface area (Å²) in [4.78, 5) is 11.2. The monoisotopic (exact) mass is 261 g/mol. The number of sulfone groups is 1. The van der Waals surface area contributed by atoms with E-state index in [9.17, 15) is 13.2 Å². The fourth-order valence-corrected chi connectivity index (χ4v) is 2.30. The summed E-state index contributed by atoms with van der Waals surface area (Å²) in [5, 5.41) is 2.45. The van der Waals surface area contributed by atoms with Gasteiger partial charge in [0.05, 0.1) is 16.3 Å². The Morgan fingerprint density at radius 1 is 1.38 bits per heavy atom. The average Bonchev–Trinajstić information content (AvgIpc) is 2.29. The first-order valence-electron chi connectivity index (χ1n) is 4.69. The molecule has 4 nitrogen and oxygen atoms in total. The Balaban J connectivity index is 3.16. The van der Waals surface area contributed by atoms with Gasteiger partial charge in [0, 0.05) is 0 Å². The van der Waals surface area contributed by atoms with Crippen LogP contribution in [0.3, 0.4) is 0 Å². The number of nitrogens with one attached hydrogen (secondary N) is 1. The van der Waals surface area contributed by atoms with Crippen LogP contribution >= 0.6 is 11.6 Å². The minimum Gasteiger partial charge on any atom is -0.324 e. The normalized spacial score (nSPS) is 11.1. The molecule has 1 aromatic rings. The van der Waals surface area contributed by atoms with E-state index < -0.39 is 15.7 Å². The molecule has 0 aromatic heterocycles. The number of alkyl halides is 1. The van der Waals surface area contributed by atoms with Crippen LogP contribution in [0.4, 0.5) is 5.69 Å². The molecule has 1 rings (SSSR count). The molecule has 0 spiro atoms. The minimum absolute atomic E-state index is 0.0131. The van der Waals surface area contributed by atoms with E-state index in [0.29, 0.717) is 0 Å². The summed E-state index contributed by atoms with van der Waals surface area (Å²) in [5.41, 5.74) is 0.273. The first-order chi connectivity index (χ1) is 7.51. The van der Waals surface area contributed by atoms with Crippen LogP contribution in [-0.4, -0.2) is 26.0 Å². The van der Waals surface area contributed by atoms with Gasteiger partial charge >= 0.3 is 0 Å². The van der Waals surface area contributed by atoms with Crippen LogP contribution in [0.2, 0.25) is 0 Å². The first-order valence-corrected chi connectivity index (χ1v) is 6.87. The lowest BCUT2D eigenvalue weighted by Crippen LogP contribution is -2.16. The van der Waals surface area contributed by atoms with E-state index in [1.807, 2.05) is 0 Å². The highest BCUT2D eigenvalue weighted by molar-refractivity contribution is 7.91. The molecule has 88 valence electrons. The van der Waals surface area contributed by atoms with Gasteiger partial charge in [-0.05, 0) is 12.1 Å². The van der Waals surface area contributed by atoms with Crippen LogP contribution in [0.5, 0.6) is 0 Å². The number of benzene rings is 1. The highest BCUT2D eigenvalue weighted by Crippen LogP contribution is 2.21. The third-order valence-electron chi connectivity index (χ3n) is 2.00. The van der Waals surface area contributed by atoms with Crippen molar-refractivity contribution in [3.63, 3.8) is 0 Å². The van der Waals surface area contributed by atoms with E-state index in [1.54, 1.807) is 19.1 Å². The summed E-state index contributed by atoms with van der Waals surface area (Å²) in [6.45, 7) is 1.55. The molecule has 6 heteroatoms. The first kappa shape index (κ1) is 13.0. The second kappa shape index (κ2) is 5.32. The second-order valence-corrected chi connectivity index (χ2v) is 5.60. The molecule has 0 fully saturated rings. The maximum Gasteiger partial charge on any atom is 0.239 e. The van der Waals surface area contributed by atoms with Crippen LogP contribution in [0.1, 0.15) is 6.92 Å². The van der Waals surface area contributed by atoms with Crippen molar-refractivity contribution in [3.8, 4) is 0 Å². The quantitative estimate of drug-likeness (QED) is 0.839. The zero-order valence-corrected chi connectivity index (χ0v) is 10.3. The largest absolute Gasteiger partial charge is 0.324 e. The van der Waals surface area contributed by atoms with Gasteiger partial charge in [0.25, 0.3) is 0 Å². The van der Waals surface area contributed by atoms with E-state index in [0.717, 1.165) is 0 Å². The standard InChI is InChI=1S/C10H12ClNO3S/c1-2-16(14,15)9-6-4-3-5-8(9)12-10(13)7-11/h3-6H,2,7H2,1H3,(H,12,13). The number of halogens is 1. The molecule has 1 N–H and O–H groups in total. The Morgan fingerprint density at radius 2 is 2.00 bits per heavy atom. The van der Waals surface area contributed by atoms with Crippen molar-refractivity contribution in [1.29, 1.82) is 0 Å². The van der Waals surface area contributed by atoms with Gasteiger partial charge < -0.3 is 5.32 Å². The molecule has 1 aromatic carbocycles. The van der Waals surface area contributed by atoms with E-state index in [2.05, 4.69) is 5.32 Å². The number of carbonyl (C=O) groups is 1. The lowest BCUT2D eigenvalue weighted by Gasteiger charge is -2.09. The maximum absolute atomic E-state index is 11.7. The van der Waals surface area contributed by atoms with Gasteiger partial charge in [-0.3, -0.25) is 4.79 Å². The van der Waals surface area contributed by atoms with Gasteiger partial charge in [0.15, 0.2) is 9.84 Å². The number of anilines is 1. The Kier molecular flexibility index (Phi) is 4.32. The fraction of sp³-hybridized carbons (Fsp3) is 0.300. The SMILES string of the molecule is CCS(=O)(=O)c1ccccc1NC(=O)CCl. The van der Waals surface area contributed by atoms with Crippen molar-refractivity contribution < 1.29 is 13.2 Å². The van der Waals surface area contributed by atoms with Crippen LogP contribution in [-0.2, 0) is 14.6 Å². The van der Waals surface area contributed by atoms with Gasteiger partial charge in [0.1, 0.15) is 5.88 Å². The highest BCUT2D eigenvalue weighted by atomic mass is 35.5. The van der Waals surface area contributed by atoms with Gasteiger partial charge in [0.2, 0.25) is 5.91 Å². The molecule has 0 aliphatic carbocycles. The van der Waals surface area contributed by atoms with Crippen LogP contribution in [0, 0.1) is 0 Å². The molecule has 0 aliphatic heterocycles. The summed E-state index contributed by atoms with van der Waals surface area (Å²) in [6.07, 6.45) is 0. The van der Waals surface area contributed by atoms with Crippen molar-refractivity contribution in [2.45, 2.75) is 11.8 Å². The third-order valence-corrected chi connectivity index (χ3v) is 4.03. The van der Waals surface area contributed by atoms with Gasteiger partial charge in [-0.15, -0.1) is 11.6 Å². The topological polar surface area (TPSA) is 63.2 Å². The predicted octanol–water partition coefficient (Wildman–Crippen LogP) is 1.66. The van der Waals surface area contributed by atoms with Crippen LogP contribution in [0.25, 0.3) is 0 Å². The third kappa shape index (κ3) is 2.96. The fourth-order valence-electron chi connectivity index (χ4n) is 1.18. The molecule has 0 unspecified atom stereocenters. The van der Waals surface area contributed by atoms with Gasteiger partial charge in [-0.25, -0.2) is 8.42 Å². The number of hydrogen-bond donors (Lipinski definition) is 1. The zero-order chi connectivity index (χ0) is 12.2. The van der Waals surface area contributed by atoms with E-state index in [-0.39, 0.29) is 22.2 Å². The van der Waals surface area contributed by atoms with E-state index >= 15 is 0 Å². The Hall–Kier alpha value is -1.07. The number of amides is 1. The van der Waals surface area contributed by atoms with Crippen molar-refractivity contribution >= 4 is 33.0 Å². The predicted molar refractivity (Wildman–Crippen MR) is 63.5 cm³/mol. The maximum atomic E-state index is 11.7. The molecule has 16 heavy (non-hydrogen) atoms. The average molecular weight is 262 g/mol. The van der Waals surface area contributed by atoms with E-state index in [1.165, 1.54) is 12.1 Å². The number of carbonyl (C=O) groups excluding carboxylic acids is 1. The smallest absolute Gasteiger partial charge is 0.239 e. The summed E-state index contributed by atoms with van der Waals surface area (Å²) in [5.74, 6) is -0.651. The molecule has 0 heterocycles. The Bertz CT molecular complexity index is 485. The number of hydrogen-bond acceptors (Lipinski definition) is 3. The molecule has 0 bridgehead atoms. The molecule has 1 amide bonds. The Labute approximate surface area is 99.5 Å². The summed E-state index contributed by atoms with van der Waals surface area (Å²) >= 11 is 5.34. The molecular weight excluding hydrogens is 250 g/mol. The lowest BCUT2D eigenvalue weighted by molar-refractivity contribution is -0.113. The van der Waals surface area contributed by atoms with Crippen molar-refractivity contribution in [3.05, 3.63) is 24.3 Å². The highest BCUT2D eigenvalue weighted by Gasteiger charge is 2.16. The van der Waals surface area contributed by atoms with Gasteiger partial charge in [-0.2, -0.15) is 0 Å². The molecule has 0 radical (unpaired) electrons. The summed E-state index contributed by atoms with van der Waals surface area (Å²) in [6, 6.07) is 6.26.